The number of ether oxygens (including phenoxy) is 1. The number of amides is 1. The third kappa shape index (κ3) is 6.76. The predicted octanol–water partition coefficient (Wildman–Crippen LogP) is 2.22. The van der Waals surface area contributed by atoms with E-state index in [1.807, 2.05) is 27.7 Å². The van der Waals surface area contributed by atoms with Gasteiger partial charge in [-0.1, -0.05) is 6.92 Å². The van der Waals surface area contributed by atoms with Gasteiger partial charge in [-0.05, 0) is 65.3 Å². The first-order chi connectivity index (χ1) is 11.9. The van der Waals surface area contributed by atoms with Crippen molar-refractivity contribution in [2.24, 2.45) is 0 Å². The van der Waals surface area contributed by atoms with E-state index < -0.39 is 33.5 Å². The van der Waals surface area contributed by atoms with Crippen molar-refractivity contribution in [2.45, 2.75) is 70.5 Å². The zero-order chi connectivity index (χ0) is 20.1. The SMILES string of the molecule is CC[C@H](C)NS(=O)(=O)c1ccc(C(=O)O[C@H](C)C(=O)NC(C)(C)C)cc1. The minimum Gasteiger partial charge on any atom is -0.449 e. The Hall–Kier alpha value is -1.93. The van der Waals surface area contributed by atoms with Crippen LogP contribution in [0.1, 0.15) is 58.3 Å². The molecule has 0 aliphatic heterocycles. The van der Waals surface area contributed by atoms with E-state index in [0.29, 0.717) is 6.42 Å². The first-order valence-corrected chi connectivity index (χ1v) is 9.99. The lowest BCUT2D eigenvalue weighted by atomic mass is 10.1. The Kier molecular flexibility index (Phi) is 7.35. The molecule has 0 aliphatic carbocycles. The van der Waals surface area contributed by atoms with E-state index >= 15 is 0 Å². The van der Waals surface area contributed by atoms with Crippen LogP contribution in [0.3, 0.4) is 0 Å². The van der Waals surface area contributed by atoms with E-state index in [1.165, 1.54) is 31.2 Å². The lowest BCUT2D eigenvalue weighted by Crippen LogP contribution is -2.46. The molecule has 0 aliphatic rings. The Labute approximate surface area is 155 Å². The minimum atomic E-state index is -3.64. The van der Waals surface area contributed by atoms with Crippen molar-refractivity contribution in [1.82, 2.24) is 10.0 Å². The van der Waals surface area contributed by atoms with Crippen molar-refractivity contribution in [3.05, 3.63) is 29.8 Å². The van der Waals surface area contributed by atoms with Crippen molar-refractivity contribution in [3.63, 3.8) is 0 Å². The molecule has 146 valence electrons. The fraction of sp³-hybridized carbons (Fsp3) is 0.556. The van der Waals surface area contributed by atoms with Crippen LogP contribution in [-0.4, -0.2) is 38.0 Å². The Morgan fingerprint density at radius 2 is 1.65 bits per heavy atom. The van der Waals surface area contributed by atoms with E-state index in [4.69, 9.17) is 4.74 Å². The third-order valence-electron chi connectivity index (χ3n) is 3.52. The van der Waals surface area contributed by atoms with Crippen molar-refractivity contribution in [3.8, 4) is 0 Å². The molecule has 1 rings (SSSR count). The highest BCUT2D eigenvalue weighted by Crippen LogP contribution is 2.13. The number of benzene rings is 1. The second kappa shape index (κ2) is 8.64. The molecular formula is C18H28N2O5S. The van der Waals surface area contributed by atoms with Crippen molar-refractivity contribution >= 4 is 21.9 Å². The van der Waals surface area contributed by atoms with Crippen LogP contribution in [0.5, 0.6) is 0 Å². The summed E-state index contributed by atoms with van der Waals surface area (Å²) in [5, 5.41) is 2.72. The first kappa shape index (κ1) is 22.1. The fourth-order valence-corrected chi connectivity index (χ4v) is 3.27. The van der Waals surface area contributed by atoms with Gasteiger partial charge in [0.1, 0.15) is 0 Å². The van der Waals surface area contributed by atoms with Crippen molar-refractivity contribution in [2.75, 3.05) is 0 Å². The van der Waals surface area contributed by atoms with E-state index in [1.54, 1.807) is 6.92 Å². The summed E-state index contributed by atoms with van der Waals surface area (Å²) in [7, 11) is -3.64. The van der Waals surface area contributed by atoms with Gasteiger partial charge < -0.3 is 10.1 Å². The maximum atomic E-state index is 12.2. The number of nitrogens with one attached hydrogen (secondary N) is 2. The van der Waals surface area contributed by atoms with E-state index in [2.05, 4.69) is 10.0 Å². The van der Waals surface area contributed by atoms with Crippen molar-refractivity contribution in [1.29, 1.82) is 0 Å². The average Bonchev–Trinajstić information content (AvgIpc) is 2.52. The molecule has 1 aromatic rings. The number of hydrogen-bond acceptors (Lipinski definition) is 5. The molecule has 0 saturated heterocycles. The zero-order valence-corrected chi connectivity index (χ0v) is 16.9. The summed E-state index contributed by atoms with van der Waals surface area (Å²) < 4.78 is 32.1. The molecular weight excluding hydrogens is 356 g/mol. The molecule has 8 heteroatoms. The molecule has 0 radical (unpaired) electrons. The van der Waals surface area contributed by atoms with Crippen LogP contribution in [0.2, 0.25) is 0 Å². The molecule has 1 aromatic carbocycles. The molecule has 7 nitrogen and oxygen atoms in total. The lowest BCUT2D eigenvalue weighted by molar-refractivity contribution is -0.130. The van der Waals surface area contributed by atoms with Crippen LogP contribution >= 0.6 is 0 Å². The van der Waals surface area contributed by atoms with Gasteiger partial charge in [-0.2, -0.15) is 0 Å². The van der Waals surface area contributed by atoms with E-state index in [-0.39, 0.29) is 16.5 Å². The Bertz CT molecular complexity index is 736. The Balaban J connectivity index is 2.79. The van der Waals surface area contributed by atoms with Gasteiger partial charge in [0, 0.05) is 11.6 Å². The summed E-state index contributed by atoms with van der Waals surface area (Å²) >= 11 is 0. The molecule has 1 amide bonds. The Morgan fingerprint density at radius 1 is 1.12 bits per heavy atom. The largest absolute Gasteiger partial charge is 0.449 e. The van der Waals surface area contributed by atoms with Crippen LogP contribution in [-0.2, 0) is 19.6 Å². The molecule has 0 heterocycles. The second-order valence-corrected chi connectivity index (χ2v) is 8.96. The first-order valence-electron chi connectivity index (χ1n) is 8.51. The van der Waals surface area contributed by atoms with Crippen LogP contribution in [0, 0.1) is 0 Å². The van der Waals surface area contributed by atoms with Gasteiger partial charge in [0.15, 0.2) is 6.10 Å². The van der Waals surface area contributed by atoms with Crippen LogP contribution in [0.15, 0.2) is 29.2 Å². The third-order valence-corrected chi connectivity index (χ3v) is 5.13. The molecule has 0 spiro atoms. The summed E-state index contributed by atoms with van der Waals surface area (Å²) in [5.41, 5.74) is -0.265. The molecule has 0 bridgehead atoms. The predicted molar refractivity (Wildman–Crippen MR) is 99.3 cm³/mol. The second-order valence-electron chi connectivity index (χ2n) is 7.24. The Morgan fingerprint density at radius 3 is 2.12 bits per heavy atom. The zero-order valence-electron chi connectivity index (χ0n) is 16.1. The molecule has 26 heavy (non-hydrogen) atoms. The van der Waals surface area contributed by atoms with Gasteiger partial charge in [0.25, 0.3) is 5.91 Å². The molecule has 0 fully saturated rings. The molecule has 0 aromatic heterocycles. The van der Waals surface area contributed by atoms with E-state index in [9.17, 15) is 18.0 Å². The lowest BCUT2D eigenvalue weighted by Gasteiger charge is -2.23. The summed E-state index contributed by atoms with van der Waals surface area (Å²) in [6, 6.07) is 5.21. The normalized spacial score (nSPS) is 14.4. The van der Waals surface area contributed by atoms with Crippen LogP contribution < -0.4 is 10.0 Å². The summed E-state index contributed by atoms with van der Waals surface area (Å²) in [6.45, 7) is 10.6. The molecule has 2 N–H and O–H groups in total. The smallest absolute Gasteiger partial charge is 0.338 e. The number of sulfonamides is 1. The number of carbonyl (C=O) groups excluding carboxylic acids is 2. The highest BCUT2D eigenvalue weighted by Gasteiger charge is 2.23. The molecule has 0 unspecified atom stereocenters. The van der Waals surface area contributed by atoms with Crippen molar-refractivity contribution < 1.29 is 22.7 Å². The maximum absolute atomic E-state index is 12.2. The van der Waals surface area contributed by atoms with Gasteiger partial charge >= 0.3 is 5.97 Å². The summed E-state index contributed by atoms with van der Waals surface area (Å²) in [5.74, 6) is -1.09. The topological polar surface area (TPSA) is 102 Å². The van der Waals surface area contributed by atoms with Gasteiger partial charge in [-0.25, -0.2) is 17.9 Å². The number of rotatable bonds is 7. The number of esters is 1. The van der Waals surface area contributed by atoms with Crippen LogP contribution in [0.4, 0.5) is 0 Å². The minimum absolute atomic E-state index is 0.0628. The molecule has 2 atom stereocenters. The van der Waals surface area contributed by atoms with Crippen LogP contribution in [0.25, 0.3) is 0 Å². The average molecular weight is 384 g/mol. The highest BCUT2D eigenvalue weighted by atomic mass is 32.2. The highest BCUT2D eigenvalue weighted by molar-refractivity contribution is 7.89. The van der Waals surface area contributed by atoms with Gasteiger partial charge in [-0.15, -0.1) is 0 Å². The standard InChI is InChI=1S/C18H28N2O5S/c1-7-12(2)20-26(23,24)15-10-8-14(9-11-15)17(22)25-13(3)16(21)19-18(4,5)6/h8-13,20H,7H2,1-6H3,(H,19,21)/t12-,13+/m0/s1. The monoisotopic (exact) mass is 384 g/mol. The maximum Gasteiger partial charge on any atom is 0.338 e. The molecule has 0 saturated carbocycles. The van der Waals surface area contributed by atoms with Gasteiger partial charge in [0.05, 0.1) is 10.5 Å². The van der Waals surface area contributed by atoms with E-state index in [0.717, 1.165) is 0 Å². The number of hydrogen-bond donors (Lipinski definition) is 2. The summed E-state index contributed by atoms with van der Waals surface area (Å²) in [4.78, 5) is 24.2. The fourth-order valence-electron chi connectivity index (χ4n) is 1.94. The summed E-state index contributed by atoms with van der Waals surface area (Å²) in [6.07, 6.45) is -0.296. The quantitative estimate of drug-likeness (QED) is 0.702. The van der Waals surface area contributed by atoms with Gasteiger partial charge in [0.2, 0.25) is 10.0 Å². The number of carbonyl (C=O) groups is 2. The van der Waals surface area contributed by atoms with Gasteiger partial charge in [-0.3, -0.25) is 4.79 Å².